The van der Waals surface area contributed by atoms with Crippen LogP contribution >= 0.6 is 0 Å². The zero-order valence-corrected chi connectivity index (χ0v) is 6.61. The van der Waals surface area contributed by atoms with Crippen molar-refractivity contribution in [3.05, 3.63) is 11.8 Å². The summed E-state index contributed by atoms with van der Waals surface area (Å²) in [6.45, 7) is 4.28. The molecule has 0 bridgehead atoms. The quantitative estimate of drug-likeness (QED) is 0.529. The third kappa shape index (κ3) is 4.07. The number of methoxy groups -OCH3 is 1. The number of rotatable bonds is 4. The first kappa shape index (κ1) is 8.54. The van der Waals surface area contributed by atoms with Crippen molar-refractivity contribution >= 4 is 0 Å². The van der Waals surface area contributed by atoms with E-state index in [4.69, 9.17) is 4.74 Å². The lowest BCUT2D eigenvalue weighted by Gasteiger charge is -2.01. The Morgan fingerprint density at radius 2 is 2.11 bits per heavy atom. The predicted molar refractivity (Wildman–Crippen MR) is 40.3 cm³/mol. The molecular weight excluding hydrogens is 112 g/mol. The average Bonchev–Trinajstić information content (AvgIpc) is 1.88. The number of hydrogen-bond donors (Lipinski definition) is 0. The van der Waals surface area contributed by atoms with Gasteiger partial charge in [0.2, 0.25) is 0 Å². The molecule has 0 aliphatic rings. The normalized spacial score (nSPS) is 11.7. The van der Waals surface area contributed by atoms with Crippen LogP contribution in [0.5, 0.6) is 0 Å². The maximum atomic E-state index is 5.09. The molecule has 0 saturated carbocycles. The summed E-state index contributed by atoms with van der Waals surface area (Å²) in [4.78, 5) is 0. The third-order valence-electron chi connectivity index (χ3n) is 1.19. The van der Waals surface area contributed by atoms with Crippen LogP contribution in [0.15, 0.2) is 11.8 Å². The summed E-state index contributed by atoms with van der Waals surface area (Å²) >= 11 is 0. The molecule has 0 radical (unpaired) electrons. The van der Waals surface area contributed by atoms with Crippen molar-refractivity contribution in [2.45, 2.75) is 33.1 Å². The summed E-state index contributed by atoms with van der Waals surface area (Å²) in [5.41, 5.74) is 0. The van der Waals surface area contributed by atoms with Gasteiger partial charge in [0.05, 0.1) is 12.9 Å². The largest absolute Gasteiger partial charge is 0.501 e. The molecule has 0 amide bonds. The molecule has 0 aromatic rings. The zero-order valence-electron chi connectivity index (χ0n) is 6.61. The maximum absolute atomic E-state index is 5.09. The van der Waals surface area contributed by atoms with Crippen molar-refractivity contribution in [2.75, 3.05) is 7.11 Å². The van der Waals surface area contributed by atoms with Crippen molar-refractivity contribution in [3.8, 4) is 0 Å². The topological polar surface area (TPSA) is 9.23 Å². The minimum Gasteiger partial charge on any atom is -0.501 e. The molecule has 0 saturated heterocycles. The van der Waals surface area contributed by atoms with Crippen molar-refractivity contribution in [2.24, 2.45) is 0 Å². The Bertz CT molecular complexity index is 84.6. The molecule has 0 fully saturated rings. The molecule has 0 aliphatic carbocycles. The average molecular weight is 128 g/mol. The van der Waals surface area contributed by atoms with E-state index >= 15 is 0 Å². The lowest BCUT2D eigenvalue weighted by atomic mass is 10.2. The standard InChI is InChI=1S/C8H16O/c1-4-6-8(9-3)7-5-2/h6H,4-5,7H2,1-3H3. The second kappa shape index (κ2) is 5.67. The summed E-state index contributed by atoms with van der Waals surface area (Å²) in [6, 6.07) is 0. The van der Waals surface area contributed by atoms with Crippen molar-refractivity contribution < 1.29 is 4.74 Å². The Balaban J connectivity index is 3.53. The van der Waals surface area contributed by atoms with Gasteiger partial charge in [-0.05, 0) is 18.9 Å². The molecule has 0 aliphatic heterocycles. The highest BCUT2D eigenvalue weighted by Crippen LogP contribution is 2.05. The second-order valence-electron chi connectivity index (χ2n) is 2.03. The Hall–Kier alpha value is -0.460. The molecule has 0 rings (SSSR count). The van der Waals surface area contributed by atoms with Gasteiger partial charge in [-0.2, -0.15) is 0 Å². The first-order valence-corrected chi connectivity index (χ1v) is 3.58. The molecule has 0 atom stereocenters. The predicted octanol–water partition coefficient (Wildman–Crippen LogP) is 2.73. The molecule has 9 heavy (non-hydrogen) atoms. The first-order chi connectivity index (χ1) is 4.35. The van der Waals surface area contributed by atoms with Crippen LogP contribution in [0.3, 0.4) is 0 Å². The molecule has 54 valence electrons. The number of hydrogen-bond acceptors (Lipinski definition) is 1. The Morgan fingerprint density at radius 1 is 1.44 bits per heavy atom. The summed E-state index contributed by atoms with van der Waals surface area (Å²) in [6.07, 6.45) is 5.44. The highest BCUT2D eigenvalue weighted by Gasteiger charge is 1.89. The smallest absolute Gasteiger partial charge is 0.0915 e. The number of ether oxygens (including phenoxy) is 1. The highest BCUT2D eigenvalue weighted by atomic mass is 16.5. The Kier molecular flexibility index (Phi) is 5.38. The van der Waals surface area contributed by atoms with Crippen molar-refractivity contribution in [1.82, 2.24) is 0 Å². The number of allylic oxidation sites excluding steroid dienone is 2. The molecule has 1 nitrogen and oxygen atoms in total. The molecular formula is C8H16O. The Morgan fingerprint density at radius 3 is 2.44 bits per heavy atom. The lowest BCUT2D eigenvalue weighted by Crippen LogP contribution is -1.84. The van der Waals surface area contributed by atoms with Gasteiger partial charge in [0.1, 0.15) is 0 Å². The van der Waals surface area contributed by atoms with Gasteiger partial charge in [-0.1, -0.05) is 13.8 Å². The SMILES string of the molecule is CCC=C(CCC)OC. The minimum absolute atomic E-state index is 1.07. The van der Waals surface area contributed by atoms with Gasteiger partial charge < -0.3 is 4.74 Å². The van der Waals surface area contributed by atoms with Gasteiger partial charge in [0.15, 0.2) is 0 Å². The fraction of sp³-hybridized carbons (Fsp3) is 0.750. The molecule has 0 heterocycles. The molecule has 0 spiro atoms. The molecule has 0 aromatic heterocycles. The van der Waals surface area contributed by atoms with Gasteiger partial charge >= 0.3 is 0 Å². The third-order valence-corrected chi connectivity index (χ3v) is 1.19. The van der Waals surface area contributed by atoms with Crippen molar-refractivity contribution in [3.63, 3.8) is 0 Å². The summed E-state index contributed by atoms with van der Waals surface area (Å²) in [5, 5.41) is 0. The van der Waals surface area contributed by atoms with Crippen LogP contribution in [-0.4, -0.2) is 7.11 Å². The van der Waals surface area contributed by atoms with Crippen LogP contribution in [0.1, 0.15) is 33.1 Å². The molecule has 0 aromatic carbocycles. The van der Waals surface area contributed by atoms with E-state index in [0.29, 0.717) is 0 Å². The van der Waals surface area contributed by atoms with Crippen LogP contribution in [0.4, 0.5) is 0 Å². The monoisotopic (exact) mass is 128 g/mol. The maximum Gasteiger partial charge on any atom is 0.0915 e. The van der Waals surface area contributed by atoms with Gasteiger partial charge in [-0.3, -0.25) is 0 Å². The minimum atomic E-state index is 1.07. The zero-order chi connectivity index (χ0) is 7.11. The van der Waals surface area contributed by atoms with Crippen LogP contribution < -0.4 is 0 Å². The Labute approximate surface area is 57.7 Å². The van der Waals surface area contributed by atoms with Gasteiger partial charge in [-0.25, -0.2) is 0 Å². The van der Waals surface area contributed by atoms with E-state index in [1.807, 2.05) is 0 Å². The summed E-state index contributed by atoms with van der Waals surface area (Å²) in [5.74, 6) is 1.13. The van der Waals surface area contributed by atoms with Gasteiger partial charge in [0.25, 0.3) is 0 Å². The molecule has 0 N–H and O–H groups in total. The van der Waals surface area contributed by atoms with Crippen LogP contribution in [0.2, 0.25) is 0 Å². The van der Waals surface area contributed by atoms with E-state index in [1.165, 1.54) is 6.42 Å². The van der Waals surface area contributed by atoms with Crippen LogP contribution in [0.25, 0.3) is 0 Å². The van der Waals surface area contributed by atoms with E-state index in [-0.39, 0.29) is 0 Å². The van der Waals surface area contributed by atoms with E-state index in [0.717, 1.165) is 18.6 Å². The fourth-order valence-electron chi connectivity index (χ4n) is 0.762. The van der Waals surface area contributed by atoms with E-state index in [9.17, 15) is 0 Å². The summed E-state index contributed by atoms with van der Waals surface area (Å²) < 4.78 is 5.09. The van der Waals surface area contributed by atoms with Crippen LogP contribution in [0, 0.1) is 0 Å². The first-order valence-electron chi connectivity index (χ1n) is 3.58. The molecule has 1 heteroatoms. The lowest BCUT2D eigenvalue weighted by molar-refractivity contribution is 0.274. The fourth-order valence-corrected chi connectivity index (χ4v) is 0.762. The van der Waals surface area contributed by atoms with Gasteiger partial charge in [0, 0.05) is 6.42 Å². The second-order valence-corrected chi connectivity index (χ2v) is 2.03. The molecule has 0 unspecified atom stereocenters. The summed E-state index contributed by atoms with van der Waals surface area (Å²) in [7, 11) is 1.73. The van der Waals surface area contributed by atoms with E-state index in [2.05, 4.69) is 19.9 Å². The highest BCUT2D eigenvalue weighted by molar-refractivity contribution is 4.91. The van der Waals surface area contributed by atoms with Crippen molar-refractivity contribution in [1.29, 1.82) is 0 Å². The van der Waals surface area contributed by atoms with E-state index < -0.39 is 0 Å². The van der Waals surface area contributed by atoms with E-state index in [1.54, 1.807) is 7.11 Å². The van der Waals surface area contributed by atoms with Gasteiger partial charge in [-0.15, -0.1) is 0 Å². The van der Waals surface area contributed by atoms with Crippen LogP contribution in [-0.2, 0) is 4.74 Å².